The Morgan fingerprint density at radius 1 is 1.36 bits per heavy atom. The van der Waals surface area contributed by atoms with Gasteiger partial charge in [0.25, 0.3) is 0 Å². The maximum atomic E-state index is 11.6. The fourth-order valence-electron chi connectivity index (χ4n) is 1.24. The molecule has 0 aliphatic rings. The highest BCUT2D eigenvalue weighted by Gasteiger charge is 2.10. The Kier molecular flexibility index (Phi) is 8.57. The third-order valence-electron chi connectivity index (χ3n) is 2.10. The maximum absolute atomic E-state index is 11.6. The van der Waals surface area contributed by atoms with Gasteiger partial charge in [-0.3, -0.25) is 4.79 Å². The molecule has 0 rings (SSSR count). The predicted molar refractivity (Wildman–Crippen MR) is 56.9 cm³/mol. The van der Waals surface area contributed by atoms with Gasteiger partial charge in [-0.2, -0.15) is 0 Å². The number of hydrogen-bond acceptors (Lipinski definition) is 3. The molecule has 0 saturated heterocycles. The normalized spacial score (nSPS) is 10.2. The molecule has 84 valence electrons. The number of carbonyl (C=O) groups excluding carboxylic acids is 1. The van der Waals surface area contributed by atoms with Crippen molar-refractivity contribution in [2.45, 2.75) is 32.6 Å². The Balaban J connectivity index is 3.84. The molecule has 0 aromatic carbocycles. The summed E-state index contributed by atoms with van der Waals surface area (Å²) in [5.74, 6) is 0.109. The molecule has 0 aliphatic carbocycles. The van der Waals surface area contributed by atoms with Crippen LogP contribution in [0.2, 0.25) is 0 Å². The number of nitrogens with two attached hydrogens (primary N) is 1. The maximum Gasteiger partial charge on any atom is 0.222 e. The molecule has 0 atom stereocenters. The van der Waals surface area contributed by atoms with Crippen LogP contribution in [0.15, 0.2) is 0 Å². The average molecular weight is 202 g/mol. The first-order chi connectivity index (χ1) is 6.76. The SMILES string of the molecule is CCCCN(CCO)C(=O)CCCN. The summed E-state index contributed by atoms with van der Waals surface area (Å²) in [6, 6.07) is 0. The van der Waals surface area contributed by atoms with Gasteiger partial charge in [-0.1, -0.05) is 13.3 Å². The molecular formula is C10H22N2O2. The number of rotatable bonds is 8. The van der Waals surface area contributed by atoms with Crippen molar-refractivity contribution in [1.29, 1.82) is 0 Å². The molecule has 0 aromatic heterocycles. The van der Waals surface area contributed by atoms with E-state index in [2.05, 4.69) is 6.92 Å². The quantitative estimate of drug-likeness (QED) is 0.596. The van der Waals surface area contributed by atoms with E-state index in [1.165, 1.54) is 0 Å². The van der Waals surface area contributed by atoms with Crippen LogP contribution in [0.5, 0.6) is 0 Å². The van der Waals surface area contributed by atoms with Crippen molar-refractivity contribution in [2.75, 3.05) is 26.2 Å². The van der Waals surface area contributed by atoms with Crippen molar-refractivity contribution in [1.82, 2.24) is 4.90 Å². The van der Waals surface area contributed by atoms with E-state index < -0.39 is 0 Å². The van der Waals surface area contributed by atoms with Gasteiger partial charge in [0, 0.05) is 19.5 Å². The average Bonchev–Trinajstić information content (AvgIpc) is 2.20. The van der Waals surface area contributed by atoms with Crippen LogP contribution in [0.3, 0.4) is 0 Å². The van der Waals surface area contributed by atoms with E-state index in [1.807, 2.05) is 0 Å². The zero-order valence-electron chi connectivity index (χ0n) is 9.04. The second-order valence-corrected chi connectivity index (χ2v) is 3.35. The first kappa shape index (κ1) is 13.4. The molecule has 4 nitrogen and oxygen atoms in total. The molecule has 0 radical (unpaired) electrons. The van der Waals surface area contributed by atoms with Crippen molar-refractivity contribution in [3.8, 4) is 0 Å². The fraction of sp³-hybridized carbons (Fsp3) is 0.900. The molecule has 4 heteroatoms. The number of amides is 1. The first-order valence-electron chi connectivity index (χ1n) is 5.35. The summed E-state index contributed by atoms with van der Waals surface area (Å²) in [5.41, 5.74) is 5.33. The van der Waals surface area contributed by atoms with Crippen LogP contribution < -0.4 is 5.73 Å². The second-order valence-electron chi connectivity index (χ2n) is 3.35. The number of hydrogen-bond donors (Lipinski definition) is 2. The lowest BCUT2D eigenvalue weighted by atomic mass is 10.2. The van der Waals surface area contributed by atoms with Crippen molar-refractivity contribution >= 4 is 5.91 Å². The minimum atomic E-state index is 0.0398. The third kappa shape index (κ3) is 5.94. The number of nitrogens with zero attached hydrogens (tertiary/aromatic N) is 1. The molecular weight excluding hydrogens is 180 g/mol. The molecule has 0 aromatic rings. The Morgan fingerprint density at radius 3 is 2.57 bits per heavy atom. The molecule has 3 N–H and O–H groups in total. The van der Waals surface area contributed by atoms with Gasteiger partial charge in [0.05, 0.1) is 6.61 Å². The fourth-order valence-corrected chi connectivity index (χ4v) is 1.24. The molecule has 0 spiro atoms. The zero-order chi connectivity index (χ0) is 10.8. The number of aliphatic hydroxyl groups is 1. The van der Waals surface area contributed by atoms with Gasteiger partial charge in [-0.05, 0) is 19.4 Å². The molecule has 14 heavy (non-hydrogen) atoms. The van der Waals surface area contributed by atoms with Crippen LogP contribution in [-0.4, -0.2) is 42.2 Å². The smallest absolute Gasteiger partial charge is 0.222 e. The van der Waals surface area contributed by atoms with Crippen molar-refractivity contribution < 1.29 is 9.90 Å². The summed E-state index contributed by atoms with van der Waals surface area (Å²) in [5, 5.41) is 8.79. The highest BCUT2D eigenvalue weighted by molar-refractivity contribution is 5.76. The van der Waals surface area contributed by atoms with Gasteiger partial charge in [0.1, 0.15) is 0 Å². The summed E-state index contributed by atoms with van der Waals surface area (Å²) in [6.07, 6.45) is 3.29. The van der Waals surface area contributed by atoms with Crippen LogP contribution in [0.25, 0.3) is 0 Å². The van der Waals surface area contributed by atoms with Crippen LogP contribution in [0.4, 0.5) is 0 Å². The Bertz CT molecular complexity index is 151. The monoisotopic (exact) mass is 202 g/mol. The lowest BCUT2D eigenvalue weighted by Gasteiger charge is -2.21. The Morgan fingerprint density at radius 2 is 2.07 bits per heavy atom. The lowest BCUT2D eigenvalue weighted by molar-refractivity contribution is -0.131. The summed E-state index contributed by atoms with van der Waals surface area (Å²) in [7, 11) is 0. The standard InChI is InChI=1S/C10H22N2O2/c1-2-3-7-12(8-9-13)10(14)5-4-6-11/h13H,2-9,11H2,1H3. The second kappa shape index (κ2) is 8.97. The van der Waals surface area contributed by atoms with Crippen LogP contribution in [0.1, 0.15) is 32.6 Å². The summed E-state index contributed by atoms with van der Waals surface area (Å²) >= 11 is 0. The van der Waals surface area contributed by atoms with Crippen molar-refractivity contribution in [3.05, 3.63) is 0 Å². The van der Waals surface area contributed by atoms with E-state index in [-0.39, 0.29) is 12.5 Å². The lowest BCUT2D eigenvalue weighted by Crippen LogP contribution is -2.34. The topological polar surface area (TPSA) is 66.6 Å². The summed E-state index contributed by atoms with van der Waals surface area (Å²) in [6.45, 7) is 3.87. The summed E-state index contributed by atoms with van der Waals surface area (Å²) < 4.78 is 0. The molecule has 0 saturated carbocycles. The number of aliphatic hydroxyl groups excluding tert-OH is 1. The Labute approximate surface area is 86.1 Å². The summed E-state index contributed by atoms with van der Waals surface area (Å²) in [4.78, 5) is 13.3. The predicted octanol–water partition coefficient (Wildman–Crippen LogP) is 0.346. The molecule has 1 amide bonds. The van der Waals surface area contributed by atoms with Crippen LogP contribution in [0, 0.1) is 0 Å². The van der Waals surface area contributed by atoms with E-state index in [1.54, 1.807) is 4.90 Å². The van der Waals surface area contributed by atoms with Gasteiger partial charge < -0.3 is 15.7 Å². The molecule has 0 bridgehead atoms. The number of unbranched alkanes of at least 4 members (excludes halogenated alkanes) is 1. The first-order valence-corrected chi connectivity index (χ1v) is 5.35. The van der Waals surface area contributed by atoms with Crippen molar-refractivity contribution in [2.24, 2.45) is 5.73 Å². The van der Waals surface area contributed by atoms with E-state index in [0.29, 0.717) is 19.5 Å². The van der Waals surface area contributed by atoms with E-state index >= 15 is 0 Å². The molecule has 0 aliphatic heterocycles. The highest BCUT2D eigenvalue weighted by atomic mass is 16.3. The van der Waals surface area contributed by atoms with E-state index in [0.717, 1.165) is 25.8 Å². The zero-order valence-corrected chi connectivity index (χ0v) is 9.04. The van der Waals surface area contributed by atoms with E-state index in [9.17, 15) is 4.79 Å². The molecule has 0 unspecified atom stereocenters. The van der Waals surface area contributed by atoms with Gasteiger partial charge in [0.15, 0.2) is 0 Å². The Hall–Kier alpha value is -0.610. The van der Waals surface area contributed by atoms with E-state index in [4.69, 9.17) is 10.8 Å². The molecule has 0 heterocycles. The third-order valence-corrected chi connectivity index (χ3v) is 2.10. The minimum Gasteiger partial charge on any atom is -0.395 e. The number of carbonyl (C=O) groups is 1. The van der Waals surface area contributed by atoms with Gasteiger partial charge in [-0.25, -0.2) is 0 Å². The largest absolute Gasteiger partial charge is 0.395 e. The van der Waals surface area contributed by atoms with Gasteiger partial charge in [-0.15, -0.1) is 0 Å². The van der Waals surface area contributed by atoms with Crippen molar-refractivity contribution in [3.63, 3.8) is 0 Å². The van der Waals surface area contributed by atoms with Crippen LogP contribution >= 0.6 is 0 Å². The highest BCUT2D eigenvalue weighted by Crippen LogP contribution is 2.00. The molecule has 0 fully saturated rings. The van der Waals surface area contributed by atoms with Gasteiger partial charge >= 0.3 is 0 Å². The van der Waals surface area contributed by atoms with Gasteiger partial charge in [0.2, 0.25) is 5.91 Å². The van der Waals surface area contributed by atoms with Crippen LogP contribution in [-0.2, 0) is 4.79 Å². The minimum absolute atomic E-state index is 0.0398.